The highest BCUT2D eigenvalue weighted by Crippen LogP contribution is 2.27. The molecule has 2 heterocycles. The Hall–Kier alpha value is -2.06. The van der Waals surface area contributed by atoms with Gasteiger partial charge in [-0.15, -0.1) is 0 Å². The van der Waals surface area contributed by atoms with Crippen LogP contribution in [-0.2, 0) is 16.6 Å². The number of benzene rings is 1. The van der Waals surface area contributed by atoms with Crippen LogP contribution in [0.1, 0.15) is 12.0 Å². The van der Waals surface area contributed by atoms with E-state index in [0.717, 1.165) is 5.56 Å². The van der Waals surface area contributed by atoms with E-state index in [0.29, 0.717) is 41.9 Å². The second-order valence-electron chi connectivity index (χ2n) is 5.40. The molecule has 2 aromatic rings. The molecule has 0 atom stereocenters. The van der Waals surface area contributed by atoms with E-state index in [1.807, 2.05) is 24.3 Å². The Morgan fingerprint density at radius 3 is 2.62 bits per heavy atom. The maximum Gasteiger partial charge on any atom is 0.235 e. The van der Waals surface area contributed by atoms with Crippen molar-refractivity contribution in [1.82, 2.24) is 9.97 Å². The van der Waals surface area contributed by atoms with Crippen LogP contribution in [0.5, 0.6) is 0 Å². The number of aromatic nitrogens is 2. The van der Waals surface area contributed by atoms with Gasteiger partial charge in [-0.05, 0) is 24.1 Å². The van der Waals surface area contributed by atoms with Crippen molar-refractivity contribution in [2.24, 2.45) is 0 Å². The van der Waals surface area contributed by atoms with E-state index in [1.165, 1.54) is 10.6 Å². The lowest BCUT2D eigenvalue weighted by molar-refractivity contribution is 0.599. The van der Waals surface area contributed by atoms with Gasteiger partial charge in [-0.3, -0.25) is 4.31 Å². The van der Waals surface area contributed by atoms with Crippen LogP contribution >= 0.6 is 11.6 Å². The highest BCUT2D eigenvalue weighted by Gasteiger charge is 2.28. The van der Waals surface area contributed by atoms with Crippen LogP contribution in [0.2, 0.25) is 5.15 Å². The Bertz CT molecular complexity index is 826. The van der Waals surface area contributed by atoms with E-state index >= 15 is 0 Å². The number of halogens is 1. The van der Waals surface area contributed by atoms with Gasteiger partial charge >= 0.3 is 0 Å². The number of rotatable bonds is 5. The summed E-state index contributed by atoms with van der Waals surface area (Å²) in [5, 5.41) is 6.51. The quantitative estimate of drug-likeness (QED) is 0.788. The van der Waals surface area contributed by atoms with Crippen molar-refractivity contribution >= 4 is 38.8 Å². The van der Waals surface area contributed by atoms with Crippen LogP contribution in [0.15, 0.2) is 30.6 Å². The first-order valence-corrected chi connectivity index (χ1v) is 9.51. The second-order valence-corrected chi connectivity index (χ2v) is 7.77. The van der Waals surface area contributed by atoms with E-state index < -0.39 is 10.0 Å². The number of hydrogen-bond acceptors (Lipinski definition) is 6. The standard InChI is InChI=1S/C15H18ClN5O2S/c1-17-13-14(16)19-10-20-15(13)18-9-11-3-5-12(6-4-11)21-7-2-8-24(21,22)23/h3-6,10,17H,2,7-9H2,1H3,(H,18,19,20). The van der Waals surface area contributed by atoms with Gasteiger partial charge in [-0.1, -0.05) is 23.7 Å². The molecule has 1 aromatic heterocycles. The summed E-state index contributed by atoms with van der Waals surface area (Å²) in [4.78, 5) is 8.09. The molecule has 2 N–H and O–H groups in total. The number of sulfonamides is 1. The Morgan fingerprint density at radius 2 is 2.00 bits per heavy atom. The highest BCUT2D eigenvalue weighted by molar-refractivity contribution is 7.93. The van der Waals surface area contributed by atoms with Gasteiger partial charge in [-0.25, -0.2) is 18.4 Å². The van der Waals surface area contributed by atoms with Gasteiger partial charge in [0.1, 0.15) is 12.0 Å². The zero-order valence-electron chi connectivity index (χ0n) is 13.2. The van der Waals surface area contributed by atoms with Crippen LogP contribution in [0.25, 0.3) is 0 Å². The molecule has 0 amide bonds. The Balaban J connectivity index is 1.70. The van der Waals surface area contributed by atoms with Gasteiger partial charge in [0, 0.05) is 20.1 Å². The summed E-state index contributed by atoms with van der Waals surface area (Å²) in [7, 11) is -1.39. The fourth-order valence-corrected chi connectivity index (χ4v) is 4.41. The van der Waals surface area contributed by atoms with Crippen LogP contribution in [0.3, 0.4) is 0 Å². The molecule has 1 aliphatic heterocycles. The number of nitrogens with zero attached hydrogens (tertiary/aromatic N) is 3. The minimum Gasteiger partial charge on any atom is -0.383 e. The SMILES string of the molecule is CNc1c(Cl)ncnc1NCc1ccc(N2CCCS2(=O)=O)cc1. The summed E-state index contributed by atoms with van der Waals surface area (Å²) in [6.07, 6.45) is 2.07. The summed E-state index contributed by atoms with van der Waals surface area (Å²) in [5.41, 5.74) is 2.35. The number of anilines is 3. The lowest BCUT2D eigenvalue weighted by atomic mass is 10.2. The molecule has 24 heavy (non-hydrogen) atoms. The van der Waals surface area contributed by atoms with Crippen LogP contribution in [0, 0.1) is 0 Å². The average molecular weight is 368 g/mol. The molecule has 1 aliphatic rings. The first-order chi connectivity index (χ1) is 11.5. The first-order valence-electron chi connectivity index (χ1n) is 7.53. The van der Waals surface area contributed by atoms with Crippen LogP contribution < -0.4 is 14.9 Å². The van der Waals surface area contributed by atoms with Gasteiger partial charge in [0.15, 0.2) is 11.0 Å². The highest BCUT2D eigenvalue weighted by atomic mass is 35.5. The predicted molar refractivity (Wildman–Crippen MR) is 96.1 cm³/mol. The molecule has 0 bridgehead atoms. The summed E-state index contributed by atoms with van der Waals surface area (Å²) >= 11 is 6.02. The molecule has 3 rings (SSSR count). The van der Waals surface area contributed by atoms with Gasteiger partial charge in [-0.2, -0.15) is 0 Å². The third kappa shape index (κ3) is 3.39. The summed E-state index contributed by atoms with van der Waals surface area (Å²) in [6.45, 7) is 1.08. The van der Waals surface area contributed by atoms with Crippen molar-refractivity contribution in [2.75, 3.05) is 34.3 Å². The normalized spacial score (nSPS) is 16.2. The van der Waals surface area contributed by atoms with E-state index in [4.69, 9.17) is 11.6 Å². The molecular weight excluding hydrogens is 350 g/mol. The van der Waals surface area contributed by atoms with E-state index in [1.54, 1.807) is 7.05 Å². The average Bonchev–Trinajstić information content (AvgIpc) is 2.93. The third-order valence-electron chi connectivity index (χ3n) is 3.83. The van der Waals surface area contributed by atoms with Crippen molar-refractivity contribution in [3.05, 3.63) is 41.3 Å². The van der Waals surface area contributed by atoms with E-state index in [9.17, 15) is 8.42 Å². The Kier molecular flexibility index (Phi) is 4.77. The summed E-state index contributed by atoms with van der Waals surface area (Å²) in [5.74, 6) is 0.834. The smallest absolute Gasteiger partial charge is 0.235 e. The molecule has 0 unspecified atom stereocenters. The first kappa shape index (κ1) is 16.8. The molecular formula is C15H18ClN5O2S. The fourth-order valence-electron chi connectivity index (χ4n) is 2.62. The molecule has 0 saturated carbocycles. The van der Waals surface area contributed by atoms with Crippen molar-refractivity contribution < 1.29 is 8.42 Å². The van der Waals surface area contributed by atoms with Crippen molar-refractivity contribution in [3.63, 3.8) is 0 Å². The van der Waals surface area contributed by atoms with E-state index in [-0.39, 0.29) is 5.75 Å². The predicted octanol–water partition coefficient (Wildman–Crippen LogP) is 2.32. The molecule has 1 fully saturated rings. The number of hydrogen-bond donors (Lipinski definition) is 2. The van der Waals surface area contributed by atoms with Crippen molar-refractivity contribution in [2.45, 2.75) is 13.0 Å². The second kappa shape index (κ2) is 6.82. The topological polar surface area (TPSA) is 87.2 Å². The summed E-state index contributed by atoms with van der Waals surface area (Å²) < 4.78 is 25.3. The molecule has 1 aromatic carbocycles. The lowest BCUT2D eigenvalue weighted by Crippen LogP contribution is -2.24. The van der Waals surface area contributed by atoms with Crippen LogP contribution in [0.4, 0.5) is 17.2 Å². The monoisotopic (exact) mass is 367 g/mol. The minimum atomic E-state index is -3.14. The fraction of sp³-hybridized carbons (Fsp3) is 0.333. The molecule has 7 nitrogen and oxygen atoms in total. The van der Waals surface area contributed by atoms with Gasteiger partial charge in [0.25, 0.3) is 0 Å². The van der Waals surface area contributed by atoms with Crippen molar-refractivity contribution in [1.29, 1.82) is 0 Å². The van der Waals surface area contributed by atoms with Gasteiger partial charge in [0.05, 0.1) is 11.4 Å². The zero-order valence-corrected chi connectivity index (χ0v) is 14.7. The van der Waals surface area contributed by atoms with E-state index in [2.05, 4.69) is 20.6 Å². The largest absolute Gasteiger partial charge is 0.383 e. The maximum atomic E-state index is 11.9. The molecule has 0 aliphatic carbocycles. The minimum absolute atomic E-state index is 0.220. The molecule has 0 radical (unpaired) electrons. The van der Waals surface area contributed by atoms with Gasteiger partial charge < -0.3 is 10.6 Å². The Labute approximate surface area is 146 Å². The van der Waals surface area contributed by atoms with Crippen molar-refractivity contribution in [3.8, 4) is 0 Å². The lowest BCUT2D eigenvalue weighted by Gasteiger charge is -2.17. The Morgan fingerprint density at radius 1 is 1.25 bits per heavy atom. The molecule has 128 valence electrons. The zero-order chi connectivity index (χ0) is 17.2. The molecule has 9 heteroatoms. The molecule has 1 saturated heterocycles. The third-order valence-corrected chi connectivity index (χ3v) is 5.99. The van der Waals surface area contributed by atoms with Crippen LogP contribution in [-0.4, -0.2) is 37.7 Å². The number of nitrogens with one attached hydrogen (secondary N) is 2. The van der Waals surface area contributed by atoms with Gasteiger partial charge in [0.2, 0.25) is 10.0 Å². The molecule has 0 spiro atoms. The maximum absolute atomic E-state index is 11.9. The summed E-state index contributed by atoms with van der Waals surface area (Å²) in [6, 6.07) is 7.45.